The number of piperazine rings is 1. The highest BCUT2D eigenvalue weighted by molar-refractivity contribution is 5.79. The van der Waals surface area contributed by atoms with Gasteiger partial charge in [-0.1, -0.05) is 30.3 Å². The van der Waals surface area contributed by atoms with E-state index in [1.54, 1.807) is 0 Å². The van der Waals surface area contributed by atoms with Crippen LogP contribution < -0.4 is 4.74 Å². The molecule has 3 aliphatic rings. The Morgan fingerprint density at radius 1 is 1.00 bits per heavy atom. The molecule has 1 aromatic carbocycles. The summed E-state index contributed by atoms with van der Waals surface area (Å²) in [6.07, 6.45) is 5.82. The van der Waals surface area contributed by atoms with Crippen LogP contribution in [0.25, 0.3) is 11.4 Å². The first kappa shape index (κ1) is 22.3. The Bertz CT molecular complexity index is 966. The lowest BCUT2D eigenvalue weighted by molar-refractivity contribution is -0.138. The van der Waals surface area contributed by atoms with E-state index in [0.717, 1.165) is 87.0 Å². The minimum absolute atomic E-state index is 0.0567. The highest BCUT2D eigenvalue weighted by Crippen LogP contribution is 2.34. The first-order valence-corrected chi connectivity index (χ1v) is 12.7. The number of aromatic nitrogens is 2. The maximum atomic E-state index is 13.4. The van der Waals surface area contributed by atoms with Crippen molar-refractivity contribution in [1.29, 1.82) is 0 Å². The van der Waals surface area contributed by atoms with Crippen LogP contribution in [0.2, 0.25) is 0 Å². The molecule has 1 saturated heterocycles. The van der Waals surface area contributed by atoms with Gasteiger partial charge in [0.05, 0.1) is 12.3 Å². The minimum Gasteiger partial charge on any atom is -0.477 e. The second-order valence-corrected chi connectivity index (χ2v) is 10.1. The SMILES string of the molecule is CC(C)N1CCN(C(=O)C2CCc3nc(-c4ccccc4)nc(OCC4CC4)c3CC2)CC1. The molecule has 1 unspecified atom stereocenters. The van der Waals surface area contributed by atoms with Crippen LogP contribution in [0.5, 0.6) is 5.88 Å². The third kappa shape index (κ3) is 5.21. The highest BCUT2D eigenvalue weighted by Gasteiger charge is 2.31. The molecular weight excluding hydrogens is 412 g/mol. The van der Waals surface area contributed by atoms with E-state index in [9.17, 15) is 4.79 Å². The van der Waals surface area contributed by atoms with Gasteiger partial charge in [0, 0.05) is 49.3 Å². The Morgan fingerprint density at radius 2 is 1.73 bits per heavy atom. The van der Waals surface area contributed by atoms with Gasteiger partial charge in [-0.2, -0.15) is 4.98 Å². The Hall–Kier alpha value is -2.47. The van der Waals surface area contributed by atoms with Gasteiger partial charge in [-0.05, 0) is 58.3 Å². The maximum absolute atomic E-state index is 13.4. The molecule has 6 nitrogen and oxygen atoms in total. The lowest BCUT2D eigenvalue weighted by atomic mass is 9.97. The topological polar surface area (TPSA) is 58.6 Å². The van der Waals surface area contributed by atoms with E-state index in [0.29, 0.717) is 17.9 Å². The average molecular weight is 449 g/mol. The number of carbonyl (C=O) groups excluding carboxylic acids is 1. The van der Waals surface area contributed by atoms with Crippen molar-refractivity contribution in [2.24, 2.45) is 11.8 Å². The lowest BCUT2D eigenvalue weighted by Crippen LogP contribution is -2.52. The van der Waals surface area contributed by atoms with E-state index in [-0.39, 0.29) is 5.92 Å². The Morgan fingerprint density at radius 3 is 2.42 bits per heavy atom. The van der Waals surface area contributed by atoms with Gasteiger partial charge in [0.15, 0.2) is 5.82 Å². The number of hydrogen-bond donors (Lipinski definition) is 0. The molecule has 176 valence electrons. The number of ether oxygens (including phenoxy) is 1. The van der Waals surface area contributed by atoms with Crippen LogP contribution in [-0.2, 0) is 17.6 Å². The zero-order chi connectivity index (χ0) is 22.8. The monoisotopic (exact) mass is 448 g/mol. The number of aryl methyl sites for hydroxylation is 1. The third-order valence-corrected chi connectivity index (χ3v) is 7.42. The number of rotatable bonds is 6. The molecule has 0 spiro atoms. The quantitative estimate of drug-likeness (QED) is 0.626. The van der Waals surface area contributed by atoms with Gasteiger partial charge in [-0.3, -0.25) is 9.69 Å². The molecule has 2 heterocycles. The number of benzene rings is 1. The summed E-state index contributed by atoms with van der Waals surface area (Å²) in [7, 11) is 0. The fourth-order valence-electron chi connectivity index (χ4n) is 5.02. The molecule has 0 radical (unpaired) electrons. The summed E-state index contributed by atoms with van der Waals surface area (Å²) < 4.78 is 6.24. The first-order chi connectivity index (χ1) is 16.1. The molecule has 2 aliphatic carbocycles. The third-order valence-electron chi connectivity index (χ3n) is 7.42. The number of fused-ring (bicyclic) bond motifs is 1. The van der Waals surface area contributed by atoms with Crippen molar-refractivity contribution in [2.75, 3.05) is 32.8 Å². The predicted molar refractivity (Wildman–Crippen MR) is 129 cm³/mol. The summed E-state index contributed by atoms with van der Waals surface area (Å²) in [4.78, 5) is 27.7. The van der Waals surface area contributed by atoms with E-state index in [2.05, 4.69) is 23.6 Å². The molecule has 0 N–H and O–H groups in total. The Kier molecular flexibility index (Phi) is 6.63. The number of nitrogens with zero attached hydrogens (tertiary/aromatic N) is 4. The van der Waals surface area contributed by atoms with E-state index in [1.807, 2.05) is 30.3 Å². The normalized spacial score (nSPS) is 21.5. The molecule has 6 heteroatoms. The molecule has 5 rings (SSSR count). The van der Waals surface area contributed by atoms with Crippen LogP contribution in [0, 0.1) is 11.8 Å². The second-order valence-electron chi connectivity index (χ2n) is 10.1. The van der Waals surface area contributed by atoms with Gasteiger partial charge in [-0.25, -0.2) is 4.98 Å². The molecular formula is C27H36N4O2. The first-order valence-electron chi connectivity index (χ1n) is 12.7. The highest BCUT2D eigenvalue weighted by atomic mass is 16.5. The van der Waals surface area contributed by atoms with Crippen molar-refractivity contribution < 1.29 is 9.53 Å². The Labute approximate surface area is 197 Å². The van der Waals surface area contributed by atoms with Crippen LogP contribution in [0.15, 0.2) is 30.3 Å². The van der Waals surface area contributed by atoms with E-state index in [1.165, 1.54) is 12.8 Å². The second kappa shape index (κ2) is 9.80. The smallest absolute Gasteiger partial charge is 0.225 e. The summed E-state index contributed by atoms with van der Waals surface area (Å²) in [5.41, 5.74) is 3.20. The van der Waals surface area contributed by atoms with Gasteiger partial charge in [0.1, 0.15) is 0 Å². The van der Waals surface area contributed by atoms with Gasteiger partial charge in [-0.15, -0.1) is 0 Å². The summed E-state index contributed by atoms with van der Waals surface area (Å²) in [5, 5.41) is 0. The zero-order valence-corrected chi connectivity index (χ0v) is 20.0. The van der Waals surface area contributed by atoms with Crippen molar-refractivity contribution in [3.8, 4) is 17.3 Å². The summed E-state index contributed by atoms with van der Waals surface area (Å²) in [5.74, 6) is 2.52. The van der Waals surface area contributed by atoms with Crippen LogP contribution in [0.1, 0.15) is 50.8 Å². The van der Waals surface area contributed by atoms with Crippen LogP contribution in [0.4, 0.5) is 0 Å². The predicted octanol–water partition coefficient (Wildman–Crippen LogP) is 3.98. The molecule has 1 amide bonds. The van der Waals surface area contributed by atoms with Crippen LogP contribution in [0.3, 0.4) is 0 Å². The largest absolute Gasteiger partial charge is 0.477 e. The van der Waals surface area contributed by atoms with Gasteiger partial charge in [0.25, 0.3) is 0 Å². The minimum atomic E-state index is 0.0567. The van der Waals surface area contributed by atoms with Crippen molar-refractivity contribution in [3.63, 3.8) is 0 Å². The molecule has 2 aromatic rings. The van der Waals surface area contributed by atoms with Crippen molar-refractivity contribution in [3.05, 3.63) is 41.6 Å². The molecule has 33 heavy (non-hydrogen) atoms. The number of carbonyl (C=O) groups is 1. The fraction of sp³-hybridized carbons (Fsp3) is 0.593. The van der Waals surface area contributed by atoms with Crippen molar-refractivity contribution >= 4 is 5.91 Å². The molecule has 0 bridgehead atoms. The van der Waals surface area contributed by atoms with Crippen LogP contribution in [-0.4, -0.2) is 64.5 Å². The molecule has 2 fully saturated rings. The van der Waals surface area contributed by atoms with Gasteiger partial charge < -0.3 is 9.64 Å². The van der Waals surface area contributed by atoms with E-state index in [4.69, 9.17) is 14.7 Å². The van der Waals surface area contributed by atoms with E-state index < -0.39 is 0 Å². The van der Waals surface area contributed by atoms with Crippen LogP contribution >= 0.6 is 0 Å². The average Bonchev–Trinajstić information content (AvgIpc) is 3.69. The summed E-state index contributed by atoms with van der Waals surface area (Å²) in [6.45, 7) is 8.83. The summed E-state index contributed by atoms with van der Waals surface area (Å²) in [6, 6.07) is 10.7. The Balaban J connectivity index is 1.32. The van der Waals surface area contributed by atoms with Gasteiger partial charge >= 0.3 is 0 Å². The molecule has 1 saturated carbocycles. The van der Waals surface area contributed by atoms with Gasteiger partial charge in [0.2, 0.25) is 11.8 Å². The lowest BCUT2D eigenvalue weighted by Gasteiger charge is -2.38. The fourth-order valence-corrected chi connectivity index (χ4v) is 5.02. The standard InChI is InChI=1S/C27H36N4O2/c1-19(2)30-14-16-31(17-15-30)27(32)22-10-12-23-24(13-11-22)28-25(21-6-4-3-5-7-21)29-26(23)33-18-20-8-9-20/h3-7,19-20,22H,8-18H2,1-2H3. The summed E-state index contributed by atoms with van der Waals surface area (Å²) >= 11 is 0. The van der Waals surface area contributed by atoms with Crippen molar-refractivity contribution in [1.82, 2.24) is 19.8 Å². The molecule has 1 aromatic heterocycles. The maximum Gasteiger partial charge on any atom is 0.225 e. The molecule has 1 aliphatic heterocycles. The zero-order valence-electron chi connectivity index (χ0n) is 20.0. The number of hydrogen-bond acceptors (Lipinski definition) is 5. The van der Waals surface area contributed by atoms with Crippen molar-refractivity contribution in [2.45, 2.75) is 58.4 Å². The number of amides is 1. The molecule has 1 atom stereocenters. The van der Waals surface area contributed by atoms with E-state index >= 15 is 0 Å².